The Morgan fingerprint density at radius 2 is 2.14 bits per heavy atom. The minimum absolute atomic E-state index is 0.0280. The van der Waals surface area contributed by atoms with Gasteiger partial charge in [-0.2, -0.15) is 0 Å². The molecule has 0 atom stereocenters. The number of likely N-dealkylation sites (N-methyl/N-ethyl adjacent to an activating group) is 1. The largest absolute Gasteiger partial charge is 0.395 e. The van der Waals surface area contributed by atoms with E-state index in [9.17, 15) is 4.79 Å². The Hall–Kier alpha value is -1.59. The van der Waals surface area contributed by atoms with Crippen molar-refractivity contribution in [2.45, 2.75) is 19.3 Å². The first kappa shape index (κ1) is 15.8. The van der Waals surface area contributed by atoms with Crippen LogP contribution in [0.15, 0.2) is 24.3 Å². The van der Waals surface area contributed by atoms with Gasteiger partial charge < -0.3 is 20.2 Å². The number of carbonyl (C=O) groups is 1. The van der Waals surface area contributed by atoms with Gasteiger partial charge in [0.2, 0.25) is 0 Å². The van der Waals surface area contributed by atoms with Crippen molar-refractivity contribution in [2.24, 2.45) is 0 Å². The normalized spacial score (nSPS) is 15.1. The van der Waals surface area contributed by atoms with Crippen LogP contribution in [0.2, 0.25) is 0 Å². The van der Waals surface area contributed by atoms with Crippen LogP contribution in [0.1, 0.15) is 18.4 Å². The minimum Gasteiger partial charge on any atom is -0.395 e. The summed E-state index contributed by atoms with van der Waals surface area (Å²) in [5.74, 6) is 0. The zero-order chi connectivity index (χ0) is 15.1. The maximum Gasteiger partial charge on any atom is 0.321 e. The van der Waals surface area contributed by atoms with Crippen molar-refractivity contribution in [1.82, 2.24) is 9.80 Å². The van der Waals surface area contributed by atoms with Crippen LogP contribution >= 0.6 is 0 Å². The molecule has 1 fully saturated rings. The van der Waals surface area contributed by atoms with Crippen LogP contribution in [0.25, 0.3) is 0 Å². The third-order valence-electron chi connectivity index (χ3n) is 3.88. The van der Waals surface area contributed by atoms with E-state index in [2.05, 4.69) is 16.3 Å². The molecular formula is C16H25N3O2. The van der Waals surface area contributed by atoms with E-state index >= 15 is 0 Å². The number of carbonyl (C=O) groups excluding carboxylic acids is 1. The van der Waals surface area contributed by atoms with Gasteiger partial charge in [-0.25, -0.2) is 4.79 Å². The molecule has 116 valence electrons. The molecule has 1 aliphatic rings. The van der Waals surface area contributed by atoms with Gasteiger partial charge in [-0.3, -0.25) is 0 Å². The maximum absolute atomic E-state index is 11.9. The number of likely N-dealkylation sites (tertiary alicyclic amines) is 1. The number of urea groups is 1. The predicted octanol–water partition coefficient (Wildman–Crippen LogP) is 1.78. The number of nitrogens with one attached hydrogen (secondary N) is 1. The van der Waals surface area contributed by atoms with Crippen molar-refractivity contribution in [2.75, 3.05) is 45.2 Å². The predicted molar refractivity (Wildman–Crippen MR) is 84.6 cm³/mol. The first-order valence-corrected chi connectivity index (χ1v) is 7.63. The van der Waals surface area contributed by atoms with Crippen LogP contribution in [0.3, 0.4) is 0 Å². The van der Waals surface area contributed by atoms with E-state index in [0.717, 1.165) is 18.7 Å². The molecule has 2 amide bonds. The number of hydrogen-bond donors (Lipinski definition) is 2. The first-order valence-electron chi connectivity index (χ1n) is 7.63. The highest BCUT2D eigenvalue weighted by Crippen LogP contribution is 2.14. The number of hydrogen-bond acceptors (Lipinski definition) is 3. The Morgan fingerprint density at radius 3 is 2.86 bits per heavy atom. The lowest BCUT2D eigenvalue weighted by Gasteiger charge is -2.17. The van der Waals surface area contributed by atoms with Gasteiger partial charge in [-0.05, 0) is 50.0 Å². The Labute approximate surface area is 126 Å². The summed E-state index contributed by atoms with van der Waals surface area (Å²) >= 11 is 0. The summed E-state index contributed by atoms with van der Waals surface area (Å²) in [7, 11) is 1.67. The van der Waals surface area contributed by atoms with Crippen LogP contribution in [0.4, 0.5) is 10.5 Å². The van der Waals surface area contributed by atoms with E-state index in [-0.39, 0.29) is 12.6 Å². The Bertz CT molecular complexity index is 459. The number of rotatable bonds is 6. The van der Waals surface area contributed by atoms with Gasteiger partial charge >= 0.3 is 6.03 Å². The standard InChI is InChI=1S/C16H25N3O2/c1-18(11-12-20)16(21)17-15-6-4-5-14(13-15)7-10-19-8-2-3-9-19/h4-6,13,20H,2-3,7-12H2,1H3,(H,17,21). The highest BCUT2D eigenvalue weighted by Gasteiger charge is 2.11. The summed E-state index contributed by atoms with van der Waals surface area (Å²) < 4.78 is 0. The van der Waals surface area contributed by atoms with E-state index in [1.165, 1.54) is 36.4 Å². The van der Waals surface area contributed by atoms with Crippen molar-refractivity contribution in [3.05, 3.63) is 29.8 Å². The van der Waals surface area contributed by atoms with Crippen LogP contribution in [-0.2, 0) is 6.42 Å². The van der Waals surface area contributed by atoms with E-state index in [1.807, 2.05) is 18.2 Å². The molecule has 1 aromatic carbocycles. The van der Waals surface area contributed by atoms with Gasteiger partial charge in [0.25, 0.3) is 0 Å². The second kappa shape index (κ2) is 8.00. The minimum atomic E-state index is -0.194. The van der Waals surface area contributed by atoms with Crippen molar-refractivity contribution >= 4 is 11.7 Å². The van der Waals surface area contributed by atoms with Crippen LogP contribution < -0.4 is 5.32 Å². The molecule has 0 radical (unpaired) electrons. The zero-order valence-corrected chi connectivity index (χ0v) is 12.7. The third-order valence-corrected chi connectivity index (χ3v) is 3.88. The molecule has 0 saturated carbocycles. The second-order valence-electron chi connectivity index (χ2n) is 5.57. The van der Waals surface area contributed by atoms with Crippen molar-refractivity contribution in [3.63, 3.8) is 0 Å². The number of amides is 2. The van der Waals surface area contributed by atoms with Gasteiger partial charge in [-0.15, -0.1) is 0 Å². The maximum atomic E-state index is 11.9. The van der Waals surface area contributed by atoms with Gasteiger partial charge in [0, 0.05) is 25.8 Å². The van der Waals surface area contributed by atoms with Gasteiger partial charge in [-0.1, -0.05) is 12.1 Å². The van der Waals surface area contributed by atoms with E-state index in [4.69, 9.17) is 5.11 Å². The molecule has 1 saturated heterocycles. The summed E-state index contributed by atoms with van der Waals surface area (Å²) in [6.07, 6.45) is 3.64. The molecule has 0 bridgehead atoms. The Kier molecular flexibility index (Phi) is 6.02. The smallest absolute Gasteiger partial charge is 0.321 e. The van der Waals surface area contributed by atoms with Crippen LogP contribution in [-0.4, -0.2) is 60.8 Å². The summed E-state index contributed by atoms with van der Waals surface area (Å²) in [6.45, 7) is 3.81. The van der Waals surface area contributed by atoms with Crippen molar-refractivity contribution in [3.8, 4) is 0 Å². The van der Waals surface area contributed by atoms with Crippen LogP contribution in [0, 0.1) is 0 Å². The topological polar surface area (TPSA) is 55.8 Å². The molecule has 5 heteroatoms. The van der Waals surface area contributed by atoms with E-state index < -0.39 is 0 Å². The number of aliphatic hydroxyl groups is 1. The molecule has 1 aromatic rings. The molecule has 21 heavy (non-hydrogen) atoms. The summed E-state index contributed by atoms with van der Waals surface area (Å²) in [5.41, 5.74) is 2.05. The monoisotopic (exact) mass is 291 g/mol. The van der Waals surface area contributed by atoms with Gasteiger partial charge in [0.05, 0.1) is 6.61 Å². The summed E-state index contributed by atoms with van der Waals surface area (Å²) in [4.78, 5) is 15.8. The summed E-state index contributed by atoms with van der Waals surface area (Å²) in [6, 6.07) is 7.80. The Balaban J connectivity index is 1.86. The fraction of sp³-hybridized carbons (Fsp3) is 0.562. The lowest BCUT2D eigenvalue weighted by atomic mass is 10.1. The van der Waals surface area contributed by atoms with E-state index in [0.29, 0.717) is 6.54 Å². The molecule has 2 N–H and O–H groups in total. The average molecular weight is 291 g/mol. The molecule has 1 aliphatic heterocycles. The molecule has 5 nitrogen and oxygen atoms in total. The lowest BCUT2D eigenvalue weighted by Crippen LogP contribution is -2.33. The van der Waals surface area contributed by atoms with Crippen LogP contribution in [0.5, 0.6) is 0 Å². The SMILES string of the molecule is CN(CCO)C(=O)Nc1cccc(CCN2CCCC2)c1. The molecule has 0 spiro atoms. The first-order chi connectivity index (χ1) is 10.2. The number of anilines is 1. The number of benzene rings is 1. The molecule has 0 aromatic heterocycles. The highest BCUT2D eigenvalue weighted by atomic mass is 16.3. The van der Waals surface area contributed by atoms with Crippen molar-refractivity contribution in [1.29, 1.82) is 0 Å². The molecule has 0 aliphatic carbocycles. The number of nitrogens with zero attached hydrogens (tertiary/aromatic N) is 2. The second-order valence-corrected chi connectivity index (χ2v) is 5.57. The lowest BCUT2D eigenvalue weighted by molar-refractivity contribution is 0.202. The quantitative estimate of drug-likeness (QED) is 0.840. The molecular weight excluding hydrogens is 266 g/mol. The summed E-state index contributed by atoms with van der Waals surface area (Å²) in [5, 5.41) is 11.7. The number of aliphatic hydroxyl groups excluding tert-OH is 1. The molecule has 2 rings (SSSR count). The highest BCUT2D eigenvalue weighted by molar-refractivity contribution is 5.89. The molecule has 1 heterocycles. The van der Waals surface area contributed by atoms with Gasteiger partial charge in [0.15, 0.2) is 0 Å². The zero-order valence-electron chi connectivity index (χ0n) is 12.7. The fourth-order valence-corrected chi connectivity index (χ4v) is 2.57. The van der Waals surface area contributed by atoms with Crippen molar-refractivity contribution < 1.29 is 9.90 Å². The molecule has 0 unspecified atom stereocenters. The van der Waals surface area contributed by atoms with E-state index in [1.54, 1.807) is 7.05 Å². The third kappa shape index (κ3) is 5.02. The Morgan fingerprint density at radius 1 is 1.38 bits per heavy atom. The van der Waals surface area contributed by atoms with Gasteiger partial charge in [0.1, 0.15) is 0 Å². The fourth-order valence-electron chi connectivity index (χ4n) is 2.57. The average Bonchev–Trinajstić information content (AvgIpc) is 2.99.